The highest BCUT2D eigenvalue weighted by atomic mass is 16.5. The van der Waals surface area contributed by atoms with Gasteiger partial charge in [0, 0.05) is 18.7 Å². The van der Waals surface area contributed by atoms with Crippen LogP contribution >= 0.6 is 0 Å². The van der Waals surface area contributed by atoms with Crippen LogP contribution in [0.5, 0.6) is 0 Å². The predicted octanol–water partition coefficient (Wildman–Crippen LogP) is 0.495. The molecule has 0 fully saturated rings. The van der Waals surface area contributed by atoms with E-state index in [2.05, 4.69) is 17.5 Å². The molecule has 0 radical (unpaired) electrons. The van der Waals surface area contributed by atoms with Gasteiger partial charge in [-0.2, -0.15) is 0 Å². The van der Waals surface area contributed by atoms with Crippen LogP contribution in [0.2, 0.25) is 0 Å². The zero-order chi connectivity index (χ0) is 8.39. The summed E-state index contributed by atoms with van der Waals surface area (Å²) in [4.78, 5) is 0. The molecule has 1 unspecified atom stereocenters. The van der Waals surface area contributed by atoms with Crippen LogP contribution in [-0.4, -0.2) is 19.2 Å². The molecule has 3 nitrogen and oxygen atoms in total. The first-order valence-corrected chi connectivity index (χ1v) is 4.40. The van der Waals surface area contributed by atoms with Gasteiger partial charge in [-0.1, -0.05) is 12.2 Å². The number of nitrogens with one attached hydrogen (secondary N) is 1. The monoisotopic (exact) mass is 166 g/mol. The molecule has 0 bridgehead atoms. The number of rotatable bonds is 1. The minimum atomic E-state index is 0.211. The number of nitrogens with two attached hydrogens (primary N) is 1. The molecule has 3 N–H and O–H groups in total. The fourth-order valence-corrected chi connectivity index (χ4v) is 1.56. The van der Waals surface area contributed by atoms with E-state index in [1.807, 2.05) is 0 Å². The maximum Gasteiger partial charge on any atom is 0.190 e. The topological polar surface area (TPSA) is 47.3 Å². The molecule has 0 saturated carbocycles. The Morgan fingerprint density at radius 3 is 3.42 bits per heavy atom. The zero-order valence-electron chi connectivity index (χ0n) is 7.05. The second-order valence-corrected chi connectivity index (χ2v) is 3.15. The van der Waals surface area contributed by atoms with E-state index in [9.17, 15) is 0 Å². The van der Waals surface area contributed by atoms with E-state index in [0.29, 0.717) is 6.54 Å². The third-order valence-corrected chi connectivity index (χ3v) is 2.27. The summed E-state index contributed by atoms with van der Waals surface area (Å²) in [5.41, 5.74) is 6.81. The first-order valence-electron chi connectivity index (χ1n) is 4.40. The van der Waals surface area contributed by atoms with Crippen molar-refractivity contribution in [1.82, 2.24) is 5.32 Å². The zero-order valence-corrected chi connectivity index (χ0v) is 7.05. The van der Waals surface area contributed by atoms with Crippen molar-refractivity contribution >= 4 is 0 Å². The van der Waals surface area contributed by atoms with Gasteiger partial charge in [0.15, 0.2) is 5.88 Å². The average molecular weight is 166 g/mol. The van der Waals surface area contributed by atoms with E-state index >= 15 is 0 Å². The molecule has 0 amide bonds. The molecular formula is C9H14N2O. The van der Waals surface area contributed by atoms with Gasteiger partial charge in [-0.25, -0.2) is 0 Å². The lowest BCUT2D eigenvalue weighted by molar-refractivity contribution is 0.0844. The summed E-state index contributed by atoms with van der Waals surface area (Å²) in [5, 5.41) is 3.20. The van der Waals surface area contributed by atoms with Crippen LogP contribution in [0.3, 0.4) is 0 Å². The van der Waals surface area contributed by atoms with Crippen LogP contribution in [0.25, 0.3) is 0 Å². The highest BCUT2D eigenvalue weighted by molar-refractivity contribution is 5.27. The lowest BCUT2D eigenvalue weighted by Gasteiger charge is -2.28. The predicted molar refractivity (Wildman–Crippen MR) is 47.3 cm³/mol. The number of ether oxygens (including phenoxy) is 1. The van der Waals surface area contributed by atoms with E-state index in [1.54, 1.807) is 0 Å². The van der Waals surface area contributed by atoms with Gasteiger partial charge in [-0.05, 0) is 12.8 Å². The number of hydrogen-bond donors (Lipinski definition) is 2. The summed E-state index contributed by atoms with van der Waals surface area (Å²) in [6, 6.07) is 0. The maximum absolute atomic E-state index is 5.63. The Morgan fingerprint density at radius 2 is 2.58 bits per heavy atom. The van der Waals surface area contributed by atoms with Crippen molar-refractivity contribution in [2.75, 3.05) is 13.1 Å². The first kappa shape index (κ1) is 7.68. The molecule has 0 aromatic rings. The molecule has 0 aromatic carbocycles. The molecule has 2 aliphatic rings. The van der Waals surface area contributed by atoms with E-state index < -0.39 is 0 Å². The van der Waals surface area contributed by atoms with Gasteiger partial charge in [0.25, 0.3) is 0 Å². The van der Waals surface area contributed by atoms with Crippen molar-refractivity contribution in [3.63, 3.8) is 0 Å². The molecule has 0 spiro atoms. The quantitative estimate of drug-likeness (QED) is 0.596. The third kappa shape index (κ3) is 1.32. The van der Waals surface area contributed by atoms with Gasteiger partial charge in [0.05, 0.1) is 0 Å². The summed E-state index contributed by atoms with van der Waals surface area (Å²) < 4.78 is 5.63. The molecule has 66 valence electrons. The standard InChI is InChI=1S/C9H14N2O/c10-6-8-4-3-7-2-1-5-11-9(7)12-8/h1-2,8,11H,3-6,10H2. The molecule has 2 rings (SSSR count). The van der Waals surface area contributed by atoms with E-state index in [0.717, 1.165) is 25.3 Å². The molecule has 0 aromatic heterocycles. The Bertz CT molecular complexity index is 233. The second kappa shape index (κ2) is 3.19. The minimum Gasteiger partial charge on any atom is -0.474 e. The third-order valence-electron chi connectivity index (χ3n) is 2.27. The normalized spacial score (nSPS) is 27.6. The Hall–Kier alpha value is -0.960. The number of hydrogen-bond acceptors (Lipinski definition) is 3. The SMILES string of the molecule is NCC1CCC2=C(NCC=C2)O1. The molecule has 1 atom stereocenters. The average Bonchev–Trinajstić information content (AvgIpc) is 2.17. The highest BCUT2D eigenvalue weighted by Crippen LogP contribution is 2.24. The van der Waals surface area contributed by atoms with Crippen LogP contribution in [-0.2, 0) is 4.74 Å². The van der Waals surface area contributed by atoms with E-state index in [4.69, 9.17) is 10.5 Å². The summed E-state index contributed by atoms with van der Waals surface area (Å²) >= 11 is 0. The fraction of sp³-hybridized carbons (Fsp3) is 0.556. The van der Waals surface area contributed by atoms with E-state index in [-0.39, 0.29) is 6.10 Å². The van der Waals surface area contributed by atoms with Crippen LogP contribution in [0.4, 0.5) is 0 Å². The maximum atomic E-state index is 5.63. The summed E-state index contributed by atoms with van der Waals surface area (Å²) in [6.45, 7) is 1.48. The molecule has 3 heteroatoms. The molecule has 0 aliphatic carbocycles. The van der Waals surface area contributed by atoms with E-state index in [1.165, 1.54) is 5.57 Å². The van der Waals surface area contributed by atoms with Crippen LogP contribution < -0.4 is 11.1 Å². The molecule has 12 heavy (non-hydrogen) atoms. The molecular weight excluding hydrogens is 152 g/mol. The van der Waals surface area contributed by atoms with Crippen LogP contribution in [0.1, 0.15) is 12.8 Å². The fourth-order valence-electron chi connectivity index (χ4n) is 1.56. The Labute approximate surface area is 72.3 Å². The number of dihydropyridines is 1. The van der Waals surface area contributed by atoms with Gasteiger partial charge >= 0.3 is 0 Å². The van der Waals surface area contributed by atoms with Crippen LogP contribution in [0, 0.1) is 0 Å². The second-order valence-electron chi connectivity index (χ2n) is 3.15. The highest BCUT2D eigenvalue weighted by Gasteiger charge is 2.20. The van der Waals surface area contributed by atoms with Crippen LogP contribution in [0.15, 0.2) is 23.6 Å². The van der Waals surface area contributed by atoms with Gasteiger partial charge in [0.1, 0.15) is 6.10 Å². The van der Waals surface area contributed by atoms with Crippen molar-refractivity contribution < 1.29 is 4.74 Å². The summed E-state index contributed by atoms with van der Waals surface area (Å²) in [7, 11) is 0. The van der Waals surface area contributed by atoms with Crippen molar-refractivity contribution in [2.45, 2.75) is 18.9 Å². The molecule has 2 heterocycles. The van der Waals surface area contributed by atoms with Gasteiger partial charge in [0.2, 0.25) is 0 Å². The smallest absolute Gasteiger partial charge is 0.190 e. The molecule has 2 aliphatic heterocycles. The summed E-state index contributed by atoms with van der Waals surface area (Å²) in [5.74, 6) is 0.944. The lowest BCUT2D eigenvalue weighted by Crippen LogP contribution is -2.33. The lowest BCUT2D eigenvalue weighted by atomic mass is 10.0. The number of allylic oxidation sites excluding steroid dienone is 2. The molecule has 0 saturated heterocycles. The Kier molecular flexibility index (Phi) is 2.04. The van der Waals surface area contributed by atoms with Gasteiger partial charge in [-0.3, -0.25) is 0 Å². The van der Waals surface area contributed by atoms with Gasteiger partial charge < -0.3 is 15.8 Å². The van der Waals surface area contributed by atoms with Crippen molar-refractivity contribution in [2.24, 2.45) is 5.73 Å². The largest absolute Gasteiger partial charge is 0.474 e. The minimum absolute atomic E-state index is 0.211. The Morgan fingerprint density at radius 1 is 1.67 bits per heavy atom. The Balaban J connectivity index is 2.11. The van der Waals surface area contributed by atoms with Crippen molar-refractivity contribution in [3.05, 3.63) is 23.6 Å². The van der Waals surface area contributed by atoms with Gasteiger partial charge in [-0.15, -0.1) is 0 Å². The first-order chi connectivity index (χ1) is 5.90. The summed E-state index contributed by atoms with van der Waals surface area (Å²) in [6.07, 6.45) is 6.59. The van der Waals surface area contributed by atoms with Crippen molar-refractivity contribution in [3.8, 4) is 0 Å². The van der Waals surface area contributed by atoms with Crippen molar-refractivity contribution in [1.29, 1.82) is 0 Å².